The van der Waals surface area contributed by atoms with Crippen molar-refractivity contribution in [1.82, 2.24) is 9.78 Å². The molecule has 0 saturated heterocycles. The molecule has 11 heteroatoms. The summed E-state index contributed by atoms with van der Waals surface area (Å²) in [4.78, 5) is 0.0335. The molecule has 0 N–H and O–H groups in total. The van der Waals surface area contributed by atoms with Crippen molar-refractivity contribution < 1.29 is 56.2 Å². The van der Waals surface area contributed by atoms with E-state index in [0.717, 1.165) is 10.7 Å². The molecule has 0 aliphatic carbocycles. The van der Waals surface area contributed by atoms with Crippen molar-refractivity contribution in [1.29, 1.82) is 0 Å². The molecule has 3 rings (SSSR count). The van der Waals surface area contributed by atoms with E-state index in [1.165, 1.54) is 31.4 Å². The van der Waals surface area contributed by atoms with Crippen LogP contribution in [0.3, 0.4) is 0 Å². The number of ether oxygens (including phenoxy) is 1. The SMILES string of the molecule is COc1cc(-n2nc(C(F)(F)F)cc2-c2ccc(S(=O)[O-])cc2)ccc1Br.[Na+]. The fourth-order valence-electron chi connectivity index (χ4n) is 2.44. The second kappa shape index (κ2) is 9.10. The predicted octanol–water partition coefficient (Wildman–Crippen LogP) is 1.57. The van der Waals surface area contributed by atoms with Crippen molar-refractivity contribution in [3.63, 3.8) is 0 Å². The summed E-state index contributed by atoms with van der Waals surface area (Å²) >= 11 is 0.867. The average molecular weight is 483 g/mol. The summed E-state index contributed by atoms with van der Waals surface area (Å²) in [6.07, 6.45) is -4.63. The van der Waals surface area contributed by atoms with E-state index >= 15 is 0 Å². The third-order valence-electron chi connectivity index (χ3n) is 3.72. The number of methoxy groups -OCH3 is 1. The van der Waals surface area contributed by atoms with Crippen LogP contribution in [0.4, 0.5) is 13.2 Å². The Kier molecular flexibility index (Phi) is 7.51. The fraction of sp³-hybridized carbons (Fsp3) is 0.118. The molecule has 0 aliphatic heterocycles. The molecule has 1 heterocycles. The summed E-state index contributed by atoms with van der Waals surface area (Å²) in [7, 11) is 1.44. The van der Waals surface area contributed by atoms with Crippen LogP contribution in [0.5, 0.6) is 5.75 Å². The molecule has 0 fully saturated rings. The van der Waals surface area contributed by atoms with E-state index in [4.69, 9.17) is 4.74 Å². The maximum Gasteiger partial charge on any atom is 1.00 e. The van der Waals surface area contributed by atoms with Gasteiger partial charge in [-0.15, -0.1) is 0 Å². The van der Waals surface area contributed by atoms with Gasteiger partial charge in [-0.1, -0.05) is 12.1 Å². The summed E-state index contributed by atoms with van der Waals surface area (Å²) in [5.41, 5.74) is -0.156. The topological polar surface area (TPSA) is 67.2 Å². The first-order valence-electron chi connectivity index (χ1n) is 7.41. The molecule has 2 aromatic carbocycles. The fourth-order valence-corrected chi connectivity index (χ4v) is 3.21. The first-order valence-corrected chi connectivity index (χ1v) is 9.28. The van der Waals surface area contributed by atoms with E-state index in [2.05, 4.69) is 21.0 Å². The van der Waals surface area contributed by atoms with E-state index in [9.17, 15) is 21.9 Å². The van der Waals surface area contributed by atoms with Crippen LogP contribution in [0.2, 0.25) is 0 Å². The molecule has 142 valence electrons. The molecule has 0 amide bonds. The van der Waals surface area contributed by atoms with E-state index in [0.29, 0.717) is 21.5 Å². The van der Waals surface area contributed by atoms with Gasteiger partial charge < -0.3 is 9.29 Å². The minimum Gasteiger partial charge on any atom is -0.768 e. The zero-order valence-corrected chi connectivity index (χ0v) is 19.1. The van der Waals surface area contributed by atoms with Crippen LogP contribution in [0.15, 0.2) is 57.9 Å². The number of hydrogen-bond donors (Lipinski definition) is 0. The van der Waals surface area contributed by atoms with E-state index in [1.807, 2.05) is 0 Å². The Morgan fingerprint density at radius 3 is 2.32 bits per heavy atom. The molecule has 1 unspecified atom stereocenters. The number of nitrogens with zero attached hydrogens (tertiary/aromatic N) is 2. The Balaban J connectivity index is 0.00000280. The van der Waals surface area contributed by atoms with Gasteiger partial charge in [0.2, 0.25) is 0 Å². The number of aromatic nitrogens is 2. The molecule has 1 aromatic heterocycles. The quantitative estimate of drug-likeness (QED) is 0.418. The molecule has 1 atom stereocenters. The van der Waals surface area contributed by atoms with Crippen LogP contribution in [0, 0.1) is 0 Å². The summed E-state index contributed by atoms with van der Waals surface area (Å²) < 4.78 is 68.6. The number of alkyl halides is 3. The van der Waals surface area contributed by atoms with E-state index in [1.54, 1.807) is 18.2 Å². The molecule has 0 bridgehead atoms. The third-order valence-corrected chi connectivity index (χ3v) is 5.03. The van der Waals surface area contributed by atoms with Crippen LogP contribution in [-0.2, 0) is 17.3 Å². The molecule has 0 saturated carbocycles. The first-order chi connectivity index (χ1) is 12.7. The minimum atomic E-state index is -4.63. The molecule has 0 spiro atoms. The van der Waals surface area contributed by atoms with Gasteiger partial charge >= 0.3 is 35.7 Å². The Morgan fingerprint density at radius 2 is 1.79 bits per heavy atom. The average Bonchev–Trinajstić information content (AvgIpc) is 3.08. The third kappa shape index (κ3) is 4.87. The van der Waals surface area contributed by atoms with Crippen molar-refractivity contribution in [2.75, 3.05) is 7.11 Å². The second-order valence-electron chi connectivity index (χ2n) is 5.40. The molecule has 0 aliphatic rings. The Labute approximate surface area is 191 Å². The largest absolute Gasteiger partial charge is 1.00 e. The van der Waals surface area contributed by atoms with Crippen molar-refractivity contribution >= 4 is 27.0 Å². The summed E-state index contributed by atoms with van der Waals surface area (Å²) in [5.74, 6) is 0.430. The van der Waals surface area contributed by atoms with E-state index in [-0.39, 0.29) is 40.1 Å². The summed E-state index contributed by atoms with van der Waals surface area (Å²) in [6, 6.07) is 11.2. The van der Waals surface area contributed by atoms with Crippen molar-refractivity contribution in [2.45, 2.75) is 11.1 Å². The predicted molar refractivity (Wildman–Crippen MR) is 95.4 cm³/mol. The zero-order chi connectivity index (χ0) is 19.8. The molecular formula is C17H11BrF3N2NaO3S. The van der Waals surface area contributed by atoms with Gasteiger partial charge in [-0.2, -0.15) is 18.3 Å². The van der Waals surface area contributed by atoms with Gasteiger partial charge in [0.25, 0.3) is 0 Å². The molecule has 5 nitrogen and oxygen atoms in total. The number of benzene rings is 2. The van der Waals surface area contributed by atoms with Gasteiger partial charge in [-0.3, -0.25) is 4.21 Å². The molecular weight excluding hydrogens is 472 g/mol. The van der Waals surface area contributed by atoms with Gasteiger partial charge in [-0.25, -0.2) is 4.68 Å². The molecule has 3 aromatic rings. The normalized spacial score (nSPS) is 12.4. The van der Waals surface area contributed by atoms with Crippen LogP contribution in [0.25, 0.3) is 16.9 Å². The van der Waals surface area contributed by atoms with Gasteiger partial charge in [0.05, 0.1) is 23.0 Å². The van der Waals surface area contributed by atoms with Gasteiger partial charge in [0.15, 0.2) is 5.69 Å². The van der Waals surface area contributed by atoms with Gasteiger partial charge in [0.1, 0.15) is 5.75 Å². The van der Waals surface area contributed by atoms with Crippen molar-refractivity contribution in [3.8, 4) is 22.7 Å². The standard InChI is InChI=1S/C17H12BrF3N2O3S.Na/c1-26-15-8-11(4-7-13(15)18)23-14(9-16(22-23)17(19,20)21)10-2-5-12(6-3-10)27(24)25;/h2-9H,1H3,(H,24,25);/q;+1/p-1. The van der Waals surface area contributed by atoms with Crippen LogP contribution in [0.1, 0.15) is 5.69 Å². The Morgan fingerprint density at radius 1 is 1.14 bits per heavy atom. The van der Waals surface area contributed by atoms with Gasteiger partial charge in [0, 0.05) is 16.5 Å². The smallest absolute Gasteiger partial charge is 0.768 e. The Bertz CT molecular complexity index is 1010. The van der Waals surface area contributed by atoms with Crippen LogP contribution in [-0.4, -0.2) is 25.7 Å². The Hall–Kier alpha value is -1.17. The number of rotatable bonds is 4. The number of halogens is 4. The number of hydrogen-bond acceptors (Lipinski definition) is 4. The minimum absolute atomic E-state index is 0. The van der Waals surface area contributed by atoms with Gasteiger partial charge in [-0.05, 0) is 57.3 Å². The van der Waals surface area contributed by atoms with Crippen molar-refractivity contribution in [3.05, 3.63) is 58.7 Å². The summed E-state index contributed by atoms with van der Waals surface area (Å²) in [5, 5.41) is 3.69. The zero-order valence-electron chi connectivity index (χ0n) is 14.7. The van der Waals surface area contributed by atoms with Crippen LogP contribution < -0.4 is 34.3 Å². The summed E-state index contributed by atoms with van der Waals surface area (Å²) in [6.45, 7) is 0. The monoisotopic (exact) mass is 482 g/mol. The van der Waals surface area contributed by atoms with E-state index < -0.39 is 23.0 Å². The maximum atomic E-state index is 13.2. The molecule has 0 radical (unpaired) electrons. The molecule has 28 heavy (non-hydrogen) atoms. The van der Waals surface area contributed by atoms with Crippen LogP contribution >= 0.6 is 15.9 Å². The first kappa shape index (κ1) is 23.1. The second-order valence-corrected chi connectivity index (χ2v) is 7.20. The van der Waals surface area contributed by atoms with Crippen molar-refractivity contribution in [2.24, 2.45) is 0 Å². The maximum absolute atomic E-state index is 13.2.